The first-order valence-corrected chi connectivity index (χ1v) is 8.58. The summed E-state index contributed by atoms with van der Waals surface area (Å²) in [5.74, 6) is -0.426. The molecule has 1 atom stereocenters. The van der Waals surface area contributed by atoms with Crippen molar-refractivity contribution in [1.29, 1.82) is 0 Å². The lowest BCUT2D eigenvalue weighted by Gasteiger charge is -2.30. The predicted octanol–water partition coefficient (Wildman–Crippen LogP) is 3.89. The van der Waals surface area contributed by atoms with E-state index in [9.17, 15) is 14.5 Å². The molecular formula is C14H20ClO5P. The van der Waals surface area contributed by atoms with Gasteiger partial charge in [-0.15, -0.1) is 0 Å². The van der Waals surface area contributed by atoms with Crippen LogP contribution in [0.2, 0.25) is 5.02 Å². The number of hydrogen-bond acceptors (Lipinski definition) is 5. The standard InChI is InChI=1S/C14H20ClO5P/c1-4-19-21(18,20-5-2)14(3,17)10-13(16)11-8-6-7-9-12(11)15/h6-9,17H,4-5,10H2,1-3H3/t14-/m1/s1. The van der Waals surface area contributed by atoms with Crippen LogP contribution < -0.4 is 0 Å². The van der Waals surface area contributed by atoms with Crippen LogP contribution in [0.15, 0.2) is 24.3 Å². The number of Topliss-reactive ketones (excluding diaryl/α,β-unsaturated/α-hetero) is 1. The van der Waals surface area contributed by atoms with Crippen LogP contribution in [0.4, 0.5) is 0 Å². The normalized spacial score (nSPS) is 14.7. The van der Waals surface area contributed by atoms with Crippen LogP contribution in [-0.2, 0) is 13.6 Å². The van der Waals surface area contributed by atoms with E-state index in [0.717, 1.165) is 0 Å². The maximum Gasteiger partial charge on any atom is 0.362 e. The van der Waals surface area contributed by atoms with E-state index in [-0.39, 0.29) is 23.8 Å². The van der Waals surface area contributed by atoms with Gasteiger partial charge in [-0.1, -0.05) is 23.7 Å². The second-order valence-electron chi connectivity index (χ2n) is 4.63. The summed E-state index contributed by atoms with van der Waals surface area (Å²) in [4.78, 5) is 12.3. The highest BCUT2D eigenvalue weighted by Gasteiger charge is 2.47. The maximum atomic E-state index is 12.6. The Labute approximate surface area is 129 Å². The number of carbonyl (C=O) groups excluding carboxylic acids is 1. The number of hydrogen-bond donors (Lipinski definition) is 1. The first-order chi connectivity index (χ1) is 9.77. The molecule has 1 N–H and O–H groups in total. The summed E-state index contributed by atoms with van der Waals surface area (Å²) in [6, 6.07) is 6.49. The minimum Gasteiger partial charge on any atom is -0.377 e. The number of ketones is 1. The summed E-state index contributed by atoms with van der Waals surface area (Å²) in [5.41, 5.74) is 0.263. The highest BCUT2D eigenvalue weighted by molar-refractivity contribution is 7.55. The molecule has 0 saturated carbocycles. The lowest BCUT2D eigenvalue weighted by atomic mass is 10.1. The fourth-order valence-corrected chi connectivity index (χ4v) is 3.73. The van der Waals surface area contributed by atoms with Crippen LogP contribution in [0.25, 0.3) is 0 Å². The third kappa shape index (κ3) is 4.38. The summed E-state index contributed by atoms with van der Waals surface area (Å²) < 4.78 is 22.8. The summed E-state index contributed by atoms with van der Waals surface area (Å²) in [6.45, 7) is 4.75. The molecule has 0 saturated heterocycles. The molecule has 0 fully saturated rings. The van der Waals surface area contributed by atoms with Crippen molar-refractivity contribution in [1.82, 2.24) is 0 Å². The van der Waals surface area contributed by atoms with Gasteiger partial charge in [0.25, 0.3) is 0 Å². The van der Waals surface area contributed by atoms with Crippen molar-refractivity contribution in [2.24, 2.45) is 0 Å². The van der Waals surface area contributed by atoms with Crippen LogP contribution in [0.1, 0.15) is 37.6 Å². The molecule has 1 rings (SSSR count). The van der Waals surface area contributed by atoms with Gasteiger partial charge < -0.3 is 14.2 Å². The van der Waals surface area contributed by atoms with E-state index in [1.807, 2.05) is 0 Å². The van der Waals surface area contributed by atoms with Gasteiger partial charge in [0.05, 0.1) is 24.7 Å². The highest BCUT2D eigenvalue weighted by Crippen LogP contribution is 2.60. The van der Waals surface area contributed by atoms with Gasteiger partial charge in [0, 0.05) is 5.56 Å². The second kappa shape index (κ2) is 7.52. The number of halogens is 1. The molecule has 0 bridgehead atoms. The van der Waals surface area contributed by atoms with Crippen LogP contribution in [-0.4, -0.2) is 29.4 Å². The van der Waals surface area contributed by atoms with Crippen molar-refractivity contribution in [2.45, 2.75) is 32.5 Å². The van der Waals surface area contributed by atoms with E-state index in [2.05, 4.69) is 0 Å². The third-order valence-electron chi connectivity index (χ3n) is 2.86. The Kier molecular flexibility index (Phi) is 6.57. The summed E-state index contributed by atoms with van der Waals surface area (Å²) in [6.07, 6.45) is -0.409. The predicted molar refractivity (Wildman–Crippen MR) is 81.9 cm³/mol. The molecule has 0 heterocycles. The molecule has 0 radical (unpaired) electrons. The van der Waals surface area contributed by atoms with Crippen LogP contribution in [0.5, 0.6) is 0 Å². The van der Waals surface area contributed by atoms with Crippen molar-refractivity contribution in [3.8, 4) is 0 Å². The fourth-order valence-electron chi connectivity index (χ4n) is 1.84. The Morgan fingerprint density at radius 3 is 2.29 bits per heavy atom. The van der Waals surface area contributed by atoms with E-state index >= 15 is 0 Å². The second-order valence-corrected chi connectivity index (χ2v) is 7.51. The fraction of sp³-hybridized carbons (Fsp3) is 0.500. The molecule has 0 aromatic heterocycles. The molecule has 118 valence electrons. The molecule has 1 aromatic carbocycles. The summed E-state index contributed by atoms with van der Waals surface area (Å²) in [5, 5.41) is 8.80. The summed E-state index contributed by atoms with van der Waals surface area (Å²) in [7, 11) is -3.82. The first-order valence-electron chi connectivity index (χ1n) is 6.66. The molecule has 0 aliphatic heterocycles. The lowest BCUT2D eigenvalue weighted by molar-refractivity contribution is 0.0627. The van der Waals surface area contributed by atoms with Gasteiger partial charge >= 0.3 is 7.60 Å². The Hall–Kier alpha value is -0.710. The Balaban J connectivity index is 3.00. The average molecular weight is 335 g/mol. The first kappa shape index (κ1) is 18.3. The molecule has 1 aromatic rings. The van der Waals surface area contributed by atoms with Gasteiger partial charge in [-0.2, -0.15) is 0 Å². The molecule has 0 aliphatic carbocycles. The van der Waals surface area contributed by atoms with Gasteiger partial charge in [0.15, 0.2) is 11.1 Å². The average Bonchev–Trinajstić information content (AvgIpc) is 2.39. The Morgan fingerprint density at radius 1 is 1.29 bits per heavy atom. The van der Waals surface area contributed by atoms with E-state index in [1.54, 1.807) is 38.1 Å². The minimum atomic E-state index is -3.82. The number of aliphatic hydroxyl groups is 1. The van der Waals surface area contributed by atoms with Gasteiger partial charge in [-0.05, 0) is 32.9 Å². The molecular weight excluding hydrogens is 315 g/mol. The number of carbonyl (C=O) groups is 1. The maximum absolute atomic E-state index is 12.6. The zero-order valence-corrected chi connectivity index (χ0v) is 14.0. The zero-order valence-electron chi connectivity index (χ0n) is 12.3. The van der Waals surface area contributed by atoms with E-state index in [0.29, 0.717) is 0 Å². The van der Waals surface area contributed by atoms with Gasteiger partial charge in [0.2, 0.25) is 0 Å². The Bertz CT molecular complexity index is 534. The van der Waals surface area contributed by atoms with Crippen molar-refractivity contribution in [3.05, 3.63) is 34.9 Å². The van der Waals surface area contributed by atoms with E-state index in [4.69, 9.17) is 20.6 Å². The smallest absolute Gasteiger partial charge is 0.362 e. The van der Waals surface area contributed by atoms with Gasteiger partial charge in [0.1, 0.15) is 0 Å². The van der Waals surface area contributed by atoms with E-state index < -0.39 is 25.1 Å². The van der Waals surface area contributed by atoms with Crippen LogP contribution in [0.3, 0.4) is 0 Å². The van der Waals surface area contributed by atoms with Gasteiger partial charge in [-0.3, -0.25) is 9.36 Å². The summed E-state index contributed by atoms with van der Waals surface area (Å²) >= 11 is 5.95. The number of benzene rings is 1. The topological polar surface area (TPSA) is 72.8 Å². The third-order valence-corrected chi connectivity index (χ3v) is 5.72. The minimum absolute atomic E-state index is 0.105. The molecule has 0 aliphatic rings. The molecule has 5 nitrogen and oxygen atoms in total. The quantitative estimate of drug-likeness (QED) is 0.577. The highest BCUT2D eigenvalue weighted by atomic mass is 35.5. The van der Waals surface area contributed by atoms with Crippen molar-refractivity contribution in [3.63, 3.8) is 0 Å². The van der Waals surface area contributed by atoms with Crippen molar-refractivity contribution >= 4 is 25.0 Å². The van der Waals surface area contributed by atoms with Crippen molar-refractivity contribution in [2.75, 3.05) is 13.2 Å². The largest absolute Gasteiger partial charge is 0.377 e. The van der Waals surface area contributed by atoms with Gasteiger partial charge in [-0.25, -0.2) is 0 Å². The Morgan fingerprint density at radius 2 is 1.81 bits per heavy atom. The molecule has 0 unspecified atom stereocenters. The monoisotopic (exact) mass is 334 g/mol. The lowest BCUT2D eigenvalue weighted by Crippen LogP contribution is -2.30. The zero-order chi connectivity index (χ0) is 16.1. The van der Waals surface area contributed by atoms with Crippen molar-refractivity contribution < 1.29 is 23.5 Å². The number of rotatable bonds is 8. The molecule has 21 heavy (non-hydrogen) atoms. The van der Waals surface area contributed by atoms with Crippen LogP contribution >= 0.6 is 19.2 Å². The molecule has 7 heteroatoms. The molecule has 0 spiro atoms. The van der Waals surface area contributed by atoms with Crippen LogP contribution in [0, 0.1) is 0 Å². The SMILES string of the molecule is CCOP(=O)(OCC)[C@@](C)(O)CC(=O)c1ccccc1Cl. The van der Waals surface area contributed by atoms with E-state index in [1.165, 1.54) is 6.92 Å². The molecule has 0 amide bonds.